The first kappa shape index (κ1) is 20.5. The van der Waals surface area contributed by atoms with Crippen molar-refractivity contribution >= 4 is 5.97 Å². The van der Waals surface area contributed by atoms with Crippen molar-refractivity contribution in [2.75, 3.05) is 20.2 Å². The molecule has 0 aromatic heterocycles. The van der Waals surface area contributed by atoms with Gasteiger partial charge >= 0.3 is 5.97 Å². The van der Waals surface area contributed by atoms with E-state index in [4.69, 9.17) is 25.5 Å². The molecule has 0 aliphatic heterocycles. The number of carboxylic acids is 1. The fourth-order valence-electron chi connectivity index (χ4n) is 1.47. The minimum Gasteiger partial charge on any atom is -0.478 e. The van der Waals surface area contributed by atoms with Crippen molar-refractivity contribution in [1.29, 1.82) is 0 Å². The predicted octanol–water partition coefficient (Wildman–Crippen LogP) is -1.97. The van der Waals surface area contributed by atoms with E-state index in [9.17, 15) is 9.90 Å². The first-order valence-corrected chi connectivity index (χ1v) is 6.61. The monoisotopic (exact) mass is 317 g/mol. The van der Waals surface area contributed by atoms with Gasteiger partial charge in [0.15, 0.2) is 0 Å². The molecule has 4 atom stereocenters. The molecule has 1 aromatic carbocycles. The van der Waals surface area contributed by atoms with Crippen LogP contribution in [0.4, 0.5) is 0 Å². The molecule has 1 rings (SSSR count). The highest BCUT2D eigenvalue weighted by Gasteiger charge is 2.29. The Hall–Kier alpha value is -1.55. The Morgan fingerprint density at radius 2 is 1.55 bits per heavy atom. The van der Waals surface area contributed by atoms with Crippen molar-refractivity contribution in [2.24, 2.45) is 0 Å². The topological polar surface area (TPSA) is 150 Å². The number of benzene rings is 1. The Bertz CT molecular complexity index is 415. The van der Waals surface area contributed by atoms with E-state index in [1.54, 1.807) is 37.4 Å². The molecular formula is C14H23NO7. The summed E-state index contributed by atoms with van der Waals surface area (Å²) < 4.78 is 0. The molecular weight excluding hydrogens is 294 g/mol. The van der Waals surface area contributed by atoms with Crippen molar-refractivity contribution in [2.45, 2.75) is 24.4 Å². The van der Waals surface area contributed by atoms with Gasteiger partial charge in [0.05, 0.1) is 18.3 Å². The van der Waals surface area contributed by atoms with Gasteiger partial charge in [-0.05, 0) is 19.2 Å². The number of rotatable bonds is 7. The van der Waals surface area contributed by atoms with E-state index in [1.807, 2.05) is 0 Å². The summed E-state index contributed by atoms with van der Waals surface area (Å²) in [4.78, 5) is 10.2. The number of nitrogens with one attached hydrogen (secondary N) is 1. The highest BCUT2D eigenvalue weighted by molar-refractivity contribution is 5.87. The largest absolute Gasteiger partial charge is 0.478 e. The molecule has 8 nitrogen and oxygen atoms in total. The molecule has 0 amide bonds. The van der Waals surface area contributed by atoms with Crippen molar-refractivity contribution in [3.63, 3.8) is 0 Å². The molecule has 0 aliphatic carbocycles. The summed E-state index contributed by atoms with van der Waals surface area (Å²) in [6, 6.07) is 8.30. The summed E-state index contributed by atoms with van der Waals surface area (Å²) in [5, 5.41) is 55.9. The summed E-state index contributed by atoms with van der Waals surface area (Å²) in [7, 11) is 1.57. The van der Waals surface area contributed by atoms with Gasteiger partial charge in [0.2, 0.25) is 0 Å². The minimum absolute atomic E-state index is 0.0936. The van der Waals surface area contributed by atoms with Gasteiger partial charge in [-0.15, -0.1) is 0 Å². The number of aliphatic hydroxyl groups excluding tert-OH is 5. The van der Waals surface area contributed by atoms with Gasteiger partial charge in [-0.1, -0.05) is 18.2 Å². The maximum atomic E-state index is 10.2. The highest BCUT2D eigenvalue weighted by atomic mass is 16.4. The van der Waals surface area contributed by atoms with Crippen LogP contribution >= 0.6 is 0 Å². The number of aromatic carboxylic acids is 1. The van der Waals surface area contributed by atoms with Crippen LogP contribution in [0.3, 0.4) is 0 Å². The van der Waals surface area contributed by atoms with E-state index in [0.29, 0.717) is 5.56 Å². The molecule has 0 heterocycles. The number of carbonyl (C=O) groups is 1. The Morgan fingerprint density at radius 3 is 1.91 bits per heavy atom. The van der Waals surface area contributed by atoms with Crippen molar-refractivity contribution < 1.29 is 35.4 Å². The molecule has 1 aromatic rings. The quantitative estimate of drug-likeness (QED) is 0.306. The zero-order chi connectivity index (χ0) is 17.1. The standard InChI is InChI=1S/C7H17NO5.C7H6O2/c1-8-2-4(10)6(12)7(13)5(11)3-9;8-7(9)6-4-2-1-3-5-6/h4-13H,2-3H2,1H3;1-5H,(H,8,9)/t4-,5+,6+,7+;/m0./s1. The van der Waals surface area contributed by atoms with Gasteiger partial charge in [-0.2, -0.15) is 0 Å². The average molecular weight is 317 g/mol. The van der Waals surface area contributed by atoms with E-state index in [1.165, 1.54) is 0 Å². The third-order valence-electron chi connectivity index (χ3n) is 2.76. The molecule has 0 bridgehead atoms. The van der Waals surface area contributed by atoms with E-state index in [-0.39, 0.29) is 6.54 Å². The van der Waals surface area contributed by atoms with E-state index in [2.05, 4.69) is 5.32 Å². The van der Waals surface area contributed by atoms with Crippen LogP contribution in [0.15, 0.2) is 30.3 Å². The third kappa shape index (κ3) is 7.46. The second-order valence-corrected chi connectivity index (χ2v) is 4.53. The molecule has 0 fully saturated rings. The minimum atomic E-state index is -1.55. The summed E-state index contributed by atoms with van der Waals surface area (Å²) >= 11 is 0. The van der Waals surface area contributed by atoms with Gasteiger partial charge in [0.25, 0.3) is 0 Å². The van der Waals surface area contributed by atoms with Gasteiger partial charge in [-0.3, -0.25) is 0 Å². The van der Waals surface area contributed by atoms with Crippen LogP contribution in [-0.4, -0.2) is 81.2 Å². The zero-order valence-electron chi connectivity index (χ0n) is 12.2. The van der Waals surface area contributed by atoms with Gasteiger partial charge in [-0.25, -0.2) is 4.79 Å². The lowest BCUT2D eigenvalue weighted by Crippen LogP contribution is -2.48. The van der Waals surface area contributed by atoms with E-state index < -0.39 is 37.0 Å². The van der Waals surface area contributed by atoms with Crippen LogP contribution in [-0.2, 0) is 0 Å². The lowest BCUT2D eigenvalue weighted by molar-refractivity contribution is -0.113. The Morgan fingerprint density at radius 1 is 1.05 bits per heavy atom. The summed E-state index contributed by atoms with van der Waals surface area (Å²) in [6.07, 6.45) is -5.65. The second kappa shape index (κ2) is 11.1. The zero-order valence-corrected chi connectivity index (χ0v) is 12.2. The van der Waals surface area contributed by atoms with Gasteiger partial charge < -0.3 is 36.0 Å². The van der Waals surface area contributed by atoms with Crippen LogP contribution in [0.2, 0.25) is 0 Å². The molecule has 0 aliphatic rings. The number of aliphatic hydroxyl groups is 5. The summed E-state index contributed by atoms with van der Waals surface area (Å²) in [5.74, 6) is -0.879. The van der Waals surface area contributed by atoms with E-state index in [0.717, 1.165) is 0 Å². The SMILES string of the molecule is CNC[C@H](O)[C@@H](O)[C@H](O)[C@H](O)CO.O=C(O)c1ccccc1. The fourth-order valence-corrected chi connectivity index (χ4v) is 1.47. The maximum Gasteiger partial charge on any atom is 0.335 e. The predicted molar refractivity (Wildman–Crippen MR) is 78.4 cm³/mol. The fraction of sp³-hybridized carbons (Fsp3) is 0.500. The third-order valence-corrected chi connectivity index (χ3v) is 2.76. The summed E-state index contributed by atoms with van der Waals surface area (Å²) in [5.41, 5.74) is 0.331. The van der Waals surface area contributed by atoms with Crippen LogP contribution in [0, 0.1) is 0 Å². The molecule has 0 saturated carbocycles. The molecule has 22 heavy (non-hydrogen) atoms. The summed E-state index contributed by atoms with van der Waals surface area (Å²) in [6.45, 7) is -0.569. The van der Waals surface area contributed by atoms with Crippen LogP contribution in [0.5, 0.6) is 0 Å². The Labute approximate surface area is 128 Å². The number of hydrogen-bond acceptors (Lipinski definition) is 7. The molecule has 0 radical (unpaired) electrons. The van der Waals surface area contributed by atoms with Crippen molar-refractivity contribution in [3.8, 4) is 0 Å². The average Bonchev–Trinajstić information content (AvgIpc) is 2.54. The molecule has 8 heteroatoms. The molecule has 0 unspecified atom stereocenters. The van der Waals surface area contributed by atoms with Crippen LogP contribution < -0.4 is 5.32 Å². The lowest BCUT2D eigenvalue weighted by atomic mass is 10.0. The molecule has 7 N–H and O–H groups in total. The first-order valence-electron chi connectivity index (χ1n) is 6.61. The molecule has 0 saturated heterocycles. The Balaban J connectivity index is 0.000000425. The smallest absolute Gasteiger partial charge is 0.335 e. The van der Waals surface area contributed by atoms with Crippen LogP contribution in [0.1, 0.15) is 10.4 Å². The lowest BCUT2D eigenvalue weighted by Gasteiger charge is -2.25. The van der Waals surface area contributed by atoms with Crippen molar-refractivity contribution in [1.82, 2.24) is 5.32 Å². The maximum absolute atomic E-state index is 10.2. The molecule has 126 valence electrons. The first-order chi connectivity index (χ1) is 10.3. The van der Waals surface area contributed by atoms with Crippen LogP contribution in [0.25, 0.3) is 0 Å². The number of likely N-dealkylation sites (N-methyl/N-ethyl adjacent to an activating group) is 1. The number of carboxylic acid groups (broad SMARTS) is 1. The normalized spacial score (nSPS) is 15.9. The number of hydrogen-bond donors (Lipinski definition) is 7. The van der Waals surface area contributed by atoms with E-state index >= 15 is 0 Å². The second-order valence-electron chi connectivity index (χ2n) is 4.53. The molecule has 0 spiro atoms. The highest BCUT2D eigenvalue weighted by Crippen LogP contribution is 2.04. The van der Waals surface area contributed by atoms with Gasteiger partial charge in [0, 0.05) is 6.54 Å². The van der Waals surface area contributed by atoms with Gasteiger partial charge in [0.1, 0.15) is 18.3 Å². The van der Waals surface area contributed by atoms with Crippen molar-refractivity contribution in [3.05, 3.63) is 35.9 Å². The Kier molecular flexibility index (Phi) is 10.3.